The van der Waals surface area contributed by atoms with Crippen molar-refractivity contribution in [3.05, 3.63) is 68.9 Å². The van der Waals surface area contributed by atoms with Crippen molar-refractivity contribution in [1.82, 2.24) is 0 Å². The molecular formula is C15H14BrClFN. The van der Waals surface area contributed by atoms with Crippen LogP contribution in [0, 0.1) is 5.82 Å². The Morgan fingerprint density at radius 3 is 2.42 bits per heavy atom. The van der Waals surface area contributed by atoms with Crippen molar-refractivity contribution >= 4 is 27.5 Å². The molecule has 19 heavy (non-hydrogen) atoms. The Labute approximate surface area is 125 Å². The summed E-state index contributed by atoms with van der Waals surface area (Å²) in [6.45, 7) is 0. The third-order valence-electron chi connectivity index (χ3n) is 2.95. The summed E-state index contributed by atoms with van der Waals surface area (Å²) >= 11 is 9.43. The molecule has 100 valence electrons. The van der Waals surface area contributed by atoms with Gasteiger partial charge in [0.25, 0.3) is 0 Å². The fraction of sp³-hybridized carbons (Fsp3) is 0.200. The van der Waals surface area contributed by atoms with Gasteiger partial charge in [0.1, 0.15) is 5.82 Å². The van der Waals surface area contributed by atoms with Crippen molar-refractivity contribution in [2.75, 3.05) is 0 Å². The molecule has 2 aromatic rings. The van der Waals surface area contributed by atoms with Crippen LogP contribution in [-0.4, -0.2) is 6.04 Å². The van der Waals surface area contributed by atoms with E-state index in [-0.39, 0.29) is 11.1 Å². The molecule has 1 atom stereocenters. The third kappa shape index (κ3) is 3.78. The van der Waals surface area contributed by atoms with Crippen LogP contribution in [0.15, 0.2) is 46.9 Å². The first-order valence-electron chi connectivity index (χ1n) is 6.00. The Bertz CT molecular complexity index is 574. The van der Waals surface area contributed by atoms with Gasteiger partial charge in [-0.05, 0) is 36.1 Å². The summed E-state index contributed by atoms with van der Waals surface area (Å²) in [6.07, 6.45) is 1.27. The van der Waals surface area contributed by atoms with E-state index >= 15 is 0 Å². The summed E-state index contributed by atoms with van der Waals surface area (Å²) in [7, 11) is 0. The van der Waals surface area contributed by atoms with E-state index in [0.29, 0.717) is 12.8 Å². The van der Waals surface area contributed by atoms with Gasteiger partial charge < -0.3 is 5.73 Å². The van der Waals surface area contributed by atoms with Gasteiger partial charge in [0, 0.05) is 10.5 Å². The van der Waals surface area contributed by atoms with Crippen molar-refractivity contribution in [3.63, 3.8) is 0 Å². The maximum absolute atomic E-state index is 13.3. The molecule has 0 fully saturated rings. The van der Waals surface area contributed by atoms with Gasteiger partial charge >= 0.3 is 0 Å². The molecule has 0 saturated carbocycles. The van der Waals surface area contributed by atoms with Crippen molar-refractivity contribution in [2.24, 2.45) is 5.73 Å². The molecule has 0 aliphatic carbocycles. The van der Waals surface area contributed by atoms with Gasteiger partial charge in [0.2, 0.25) is 0 Å². The normalized spacial score (nSPS) is 12.4. The Hall–Kier alpha value is -0.900. The van der Waals surface area contributed by atoms with Crippen molar-refractivity contribution in [1.29, 1.82) is 0 Å². The Kier molecular flexibility index (Phi) is 4.97. The molecule has 0 amide bonds. The molecule has 0 aliphatic rings. The molecule has 0 saturated heterocycles. The first-order valence-corrected chi connectivity index (χ1v) is 7.17. The number of halogens is 3. The lowest BCUT2D eigenvalue weighted by atomic mass is 10.00. The summed E-state index contributed by atoms with van der Waals surface area (Å²) in [5, 5.41) is 0.171. The van der Waals surface area contributed by atoms with E-state index in [1.807, 2.05) is 30.3 Å². The molecule has 2 N–H and O–H groups in total. The minimum Gasteiger partial charge on any atom is -0.327 e. The summed E-state index contributed by atoms with van der Waals surface area (Å²) in [5.74, 6) is -0.396. The zero-order valence-corrected chi connectivity index (χ0v) is 12.6. The zero-order valence-electron chi connectivity index (χ0n) is 10.2. The third-order valence-corrected chi connectivity index (χ3v) is 4.15. The van der Waals surface area contributed by atoms with Crippen LogP contribution in [0.25, 0.3) is 0 Å². The predicted octanol–water partition coefficient (Wildman–Crippen LogP) is 4.35. The first kappa shape index (κ1) is 14.5. The number of nitrogens with two attached hydrogens (primary N) is 1. The molecule has 0 spiro atoms. The number of hydrogen-bond donors (Lipinski definition) is 1. The quantitative estimate of drug-likeness (QED) is 0.878. The molecule has 4 heteroatoms. The highest BCUT2D eigenvalue weighted by atomic mass is 79.9. The topological polar surface area (TPSA) is 26.0 Å². The second-order valence-corrected chi connectivity index (χ2v) is 5.70. The lowest BCUT2D eigenvalue weighted by Crippen LogP contribution is -2.25. The van der Waals surface area contributed by atoms with Gasteiger partial charge in [-0.1, -0.05) is 57.9 Å². The van der Waals surface area contributed by atoms with Crippen molar-refractivity contribution in [2.45, 2.75) is 18.9 Å². The Morgan fingerprint density at radius 2 is 1.68 bits per heavy atom. The maximum atomic E-state index is 13.3. The molecule has 0 radical (unpaired) electrons. The molecule has 2 aromatic carbocycles. The average Bonchev–Trinajstić information content (AvgIpc) is 2.38. The van der Waals surface area contributed by atoms with E-state index in [1.54, 1.807) is 6.07 Å². The van der Waals surface area contributed by atoms with Crippen molar-refractivity contribution in [3.8, 4) is 0 Å². The van der Waals surface area contributed by atoms with Crippen LogP contribution in [0.2, 0.25) is 5.02 Å². The van der Waals surface area contributed by atoms with Gasteiger partial charge in [-0.25, -0.2) is 4.39 Å². The average molecular weight is 343 g/mol. The van der Waals surface area contributed by atoms with Crippen molar-refractivity contribution < 1.29 is 4.39 Å². The smallest absolute Gasteiger partial charge is 0.142 e. The van der Waals surface area contributed by atoms with Crippen LogP contribution in [-0.2, 0) is 12.8 Å². The van der Waals surface area contributed by atoms with Gasteiger partial charge in [0.15, 0.2) is 0 Å². The fourth-order valence-corrected chi connectivity index (χ4v) is 2.66. The van der Waals surface area contributed by atoms with Gasteiger partial charge in [-0.15, -0.1) is 0 Å². The predicted molar refractivity (Wildman–Crippen MR) is 80.9 cm³/mol. The number of rotatable bonds is 4. The van der Waals surface area contributed by atoms with Crippen LogP contribution in [0.1, 0.15) is 11.1 Å². The standard InChI is InChI=1S/C15H14BrClFN/c16-13-6-2-1-4-10(13)8-12(19)9-11-5-3-7-14(18)15(11)17/h1-7,12H,8-9,19H2. The van der Waals surface area contributed by atoms with Gasteiger partial charge in [-0.3, -0.25) is 0 Å². The van der Waals surface area contributed by atoms with E-state index in [2.05, 4.69) is 15.9 Å². The molecule has 1 nitrogen and oxygen atoms in total. The second kappa shape index (κ2) is 6.51. The summed E-state index contributed by atoms with van der Waals surface area (Å²) in [6, 6.07) is 12.7. The lowest BCUT2D eigenvalue weighted by molar-refractivity contribution is 0.618. The van der Waals surface area contributed by atoms with E-state index < -0.39 is 5.82 Å². The lowest BCUT2D eigenvalue weighted by Gasteiger charge is -2.14. The van der Waals surface area contributed by atoms with Crippen LogP contribution >= 0.6 is 27.5 Å². The second-order valence-electron chi connectivity index (χ2n) is 4.47. The first-order chi connectivity index (χ1) is 9.08. The summed E-state index contributed by atoms with van der Waals surface area (Å²) in [4.78, 5) is 0. The van der Waals surface area contributed by atoms with Gasteiger partial charge in [0.05, 0.1) is 5.02 Å². The van der Waals surface area contributed by atoms with Crippen LogP contribution < -0.4 is 5.73 Å². The van der Waals surface area contributed by atoms with E-state index in [9.17, 15) is 4.39 Å². The molecule has 0 bridgehead atoms. The number of hydrogen-bond acceptors (Lipinski definition) is 1. The molecule has 0 heterocycles. The minimum absolute atomic E-state index is 0.0991. The van der Waals surface area contributed by atoms with E-state index in [0.717, 1.165) is 15.6 Å². The van der Waals surface area contributed by atoms with Gasteiger partial charge in [-0.2, -0.15) is 0 Å². The SMILES string of the molecule is NC(Cc1ccccc1Br)Cc1cccc(F)c1Cl. The summed E-state index contributed by atoms with van der Waals surface area (Å²) < 4.78 is 14.4. The van der Waals surface area contributed by atoms with E-state index in [1.165, 1.54) is 6.07 Å². The molecule has 1 unspecified atom stereocenters. The fourth-order valence-electron chi connectivity index (χ4n) is 2.01. The van der Waals surface area contributed by atoms with Crippen LogP contribution in [0.5, 0.6) is 0 Å². The Balaban J connectivity index is 2.08. The monoisotopic (exact) mass is 341 g/mol. The largest absolute Gasteiger partial charge is 0.327 e. The maximum Gasteiger partial charge on any atom is 0.142 e. The van der Waals surface area contributed by atoms with Crippen LogP contribution in [0.4, 0.5) is 4.39 Å². The van der Waals surface area contributed by atoms with Crippen LogP contribution in [0.3, 0.4) is 0 Å². The molecule has 0 aromatic heterocycles. The van der Waals surface area contributed by atoms with E-state index in [4.69, 9.17) is 17.3 Å². The minimum atomic E-state index is -0.396. The highest BCUT2D eigenvalue weighted by Gasteiger charge is 2.11. The molecule has 2 rings (SSSR count). The highest BCUT2D eigenvalue weighted by molar-refractivity contribution is 9.10. The summed E-state index contributed by atoms with van der Waals surface area (Å²) in [5.41, 5.74) is 8.02. The number of benzene rings is 2. The zero-order chi connectivity index (χ0) is 13.8. The highest BCUT2D eigenvalue weighted by Crippen LogP contribution is 2.22. The Morgan fingerprint density at radius 1 is 1.05 bits per heavy atom. The molecular weight excluding hydrogens is 329 g/mol. The molecule has 0 aliphatic heterocycles.